The van der Waals surface area contributed by atoms with Gasteiger partial charge < -0.3 is 25.6 Å². The van der Waals surface area contributed by atoms with Gasteiger partial charge in [-0.05, 0) is 81.1 Å². The summed E-state index contributed by atoms with van der Waals surface area (Å²) < 4.78 is 6.25. The number of benzene rings is 2. The summed E-state index contributed by atoms with van der Waals surface area (Å²) >= 11 is 0. The van der Waals surface area contributed by atoms with E-state index >= 15 is 0 Å². The number of nitrogen functional groups attached to an aromatic ring is 1. The van der Waals surface area contributed by atoms with E-state index in [-0.39, 0.29) is 0 Å². The molecule has 0 radical (unpaired) electrons. The minimum absolute atomic E-state index is 0.430. The summed E-state index contributed by atoms with van der Waals surface area (Å²) in [6.45, 7) is 5.84. The van der Waals surface area contributed by atoms with Crippen molar-refractivity contribution < 1.29 is 4.74 Å². The molecule has 0 saturated carbocycles. The normalized spacial score (nSPS) is 24.8. The second-order valence-corrected chi connectivity index (χ2v) is 10.1. The van der Waals surface area contributed by atoms with E-state index in [1.54, 1.807) is 0 Å². The van der Waals surface area contributed by atoms with Crippen molar-refractivity contribution in [3.63, 3.8) is 0 Å². The van der Waals surface area contributed by atoms with Gasteiger partial charge >= 0.3 is 6.01 Å². The van der Waals surface area contributed by atoms with Crippen molar-refractivity contribution in [2.75, 3.05) is 43.9 Å². The molecule has 3 fully saturated rings. The molecule has 0 aliphatic carbocycles. The Kier molecular flexibility index (Phi) is 5.54. The summed E-state index contributed by atoms with van der Waals surface area (Å²) in [7, 11) is 2.17. The highest BCUT2D eigenvalue weighted by Crippen LogP contribution is 2.38. The van der Waals surface area contributed by atoms with Gasteiger partial charge in [0.25, 0.3) is 0 Å². The lowest BCUT2D eigenvalue weighted by Crippen LogP contribution is -2.52. The number of rotatable bonds is 5. The average Bonchev–Trinajstić information content (AvgIpc) is 3.36. The van der Waals surface area contributed by atoms with Crippen LogP contribution in [0.25, 0.3) is 22.0 Å². The number of likely N-dealkylation sites (N-methyl/N-ethyl adjacent to an activating group) is 1. The second kappa shape index (κ2) is 8.71. The number of nitrogens with one attached hydrogen (secondary N) is 1. The molecule has 3 aromatic rings. The quantitative estimate of drug-likeness (QED) is 0.566. The highest BCUT2D eigenvalue weighted by molar-refractivity contribution is 5.93. The van der Waals surface area contributed by atoms with Gasteiger partial charge in [0.15, 0.2) is 0 Å². The Balaban J connectivity index is 1.43. The van der Waals surface area contributed by atoms with Gasteiger partial charge in [-0.3, -0.25) is 0 Å². The molecule has 3 saturated heterocycles. The first-order valence-electron chi connectivity index (χ1n) is 12.6. The van der Waals surface area contributed by atoms with Gasteiger partial charge in [-0.2, -0.15) is 9.97 Å². The first kappa shape index (κ1) is 21.6. The topological polar surface area (TPSA) is 79.5 Å². The molecule has 1 aromatic heterocycles. The molecule has 2 unspecified atom stereocenters. The number of hydrogen-bond donors (Lipinski definition) is 2. The van der Waals surface area contributed by atoms with E-state index in [4.69, 9.17) is 20.4 Å². The molecule has 34 heavy (non-hydrogen) atoms. The average molecular weight is 459 g/mol. The lowest BCUT2D eigenvalue weighted by atomic mass is 9.98. The highest BCUT2D eigenvalue weighted by atomic mass is 16.5. The van der Waals surface area contributed by atoms with Crippen LogP contribution in [-0.4, -0.2) is 66.3 Å². The fourth-order valence-corrected chi connectivity index (χ4v) is 5.97. The van der Waals surface area contributed by atoms with E-state index in [0.29, 0.717) is 30.7 Å². The molecule has 3 N–H and O–H groups in total. The third-order valence-corrected chi connectivity index (χ3v) is 8.04. The van der Waals surface area contributed by atoms with Gasteiger partial charge in [0.2, 0.25) is 0 Å². The van der Waals surface area contributed by atoms with E-state index in [0.717, 1.165) is 65.2 Å². The molecular weight excluding hydrogens is 424 g/mol. The summed E-state index contributed by atoms with van der Waals surface area (Å²) in [6, 6.07) is 14.5. The Labute approximate surface area is 201 Å². The van der Waals surface area contributed by atoms with Crippen LogP contribution in [0.15, 0.2) is 36.4 Å². The molecular formula is C27H34N6O. The number of fused-ring (bicyclic) bond motifs is 3. The number of ether oxygens (including phenoxy) is 1. The van der Waals surface area contributed by atoms with Crippen molar-refractivity contribution in [1.29, 1.82) is 0 Å². The maximum atomic E-state index is 6.25. The fourth-order valence-electron chi connectivity index (χ4n) is 5.97. The Hall–Kier alpha value is -2.90. The van der Waals surface area contributed by atoms with Crippen LogP contribution >= 0.6 is 0 Å². The van der Waals surface area contributed by atoms with Crippen molar-refractivity contribution >= 4 is 22.4 Å². The van der Waals surface area contributed by atoms with Crippen molar-refractivity contribution in [1.82, 2.24) is 20.2 Å². The van der Waals surface area contributed by atoms with Crippen LogP contribution in [-0.2, 0) is 0 Å². The largest absolute Gasteiger partial charge is 0.462 e. The van der Waals surface area contributed by atoms with Gasteiger partial charge in [0, 0.05) is 42.3 Å². The predicted molar refractivity (Wildman–Crippen MR) is 137 cm³/mol. The first-order valence-corrected chi connectivity index (χ1v) is 12.6. The Morgan fingerprint density at radius 2 is 1.91 bits per heavy atom. The number of likely N-dealkylation sites (tertiary alicyclic amines) is 1. The SMILES string of the molecule is Cc1c(N)cccc1-c1ccc2c(N3C4CCC3CNC4)nc(OC[C@@H]3CCCN3C)nc2c1. The van der Waals surface area contributed by atoms with Crippen LogP contribution in [0.1, 0.15) is 31.2 Å². The highest BCUT2D eigenvalue weighted by Gasteiger charge is 2.38. The number of nitrogens with two attached hydrogens (primary N) is 1. The molecule has 7 heteroatoms. The van der Waals surface area contributed by atoms with Crippen LogP contribution < -0.4 is 20.7 Å². The number of piperazine rings is 1. The standard InChI is InChI=1S/C27H34N6O/c1-17-22(6-3-7-24(17)28)18-8-11-23-25(13-18)30-27(34-16-21-5-4-12-32(21)2)31-26(23)33-19-9-10-20(33)15-29-14-19/h3,6-8,11,13,19-21,29H,4-5,9-10,12,14-16,28H2,1-2H3/t19?,20?,21-/m0/s1. The fraction of sp³-hybridized carbons (Fsp3) is 0.481. The molecule has 6 rings (SSSR count). The third-order valence-electron chi connectivity index (χ3n) is 8.04. The molecule has 0 amide bonds. The van der Waals surface area contributed by atoms with Gasteiger partial charge in [0.1, 0.15) is 12.4 Å². The molecule has 3 aliphatic rings. The lowest BCUT2D eigenvalue weighted by molar-refractivity contribution is 0.188. The Morgan fingerprint density at radius 3 is 2.68 bits per heavy atom. The molecule has 4 heterocycles. The van der Waals surface area contributed by atoms with Crippen LogP contribution in [0.3, 0.4) is 0 Å². The maximum Gasteiger partial charge on any atom is 0.319 e. The second-order valence-electron chi connectivity index (χ2n) is 10.1. The van der Waals surface area contributed by atoms with Gasteiger partial charge in [-0.15, -0.1) is 0 Å². The molecule has 2 aromatic carbocycles. The van der Waals surface area contributed by atoms with Crippen LogP contribution in [0, 0.1) is 6.92 Å². The molecule has 3 atom stereocenters. The minimum Gasteiger partial charge on any atom is -0.462 e. The summed E-state index contributed by atoms with van der Waals surface area (Å²) in [5.41, 5.74) is 11.3. The maximum absolute atomic E-state index is 6.25. The van der Waals surface area contributed by atoms with Crippen molar-refractivity contribution in [2.24, 2.45) is 0 Å². The summed E-state index contributed by atoms with van der Waals surface area (Å²) in [5.74, 6) is 1.02. The number of aromatic nitrogens is 2. The van der Waals surface area contributed by atoms with E-state index < -0.39 is 0 Å². The molecule has 0 spiro atoms. The smallest absolute Gasteiger partial charge is 0.319 e. The van der Waals surface area contributed by atoms with Gasteiger partial charge in [0.05, 0.1) is 5.52 Å². The predicted octanol–water partition coefficient (Wildman–Crippen LogP) is 3.60. The molecule has 178 valence electrons. The zero-order valence-electron chi connectivity index (χ0n) is 20.1. The summed E-state index contributed by atoms with van der Waals surface area (Å²) in [4.78, 5) is 14.8. The van der Waals surface area contributed by atoms with E-state index in [9.17, 15) is 0 Å². The van der Waals surface area contributed by atoms with Crippen molar-refractivity contribution in [2.45, 2.75) is 50.7 Å². The van der Waals surface area contributed by atoms with Crippen molar-refractivity contribution in [3.05, 3.63) is 42.0 Å². The molecule has 7 nitrogen and oxygen atoms in total. The molecule has 2 bridgehead atoms. The van der Waals surface area contributed by atoms with Crippen LogP contribution in [0.5, 0.6) is 6.01 Å². The third kappa shape index (κ3) is 3.77. The van der Waals surface area contributed by atoms with Crippen LogP contribution in [0.2, 0.25) is 0 Å². The Bertz CT molecular complexity index is 1200. The van der Waals surface area contributed by atoms with E-state index in [2.05, 4.69) is 53.4 Å². The number of hydrogen-bond acceptors (Lipinski definition) is 7. The van der Waals surface area contributed by atoms with E-state index in [1.807, 2.05) is 12.1 Å². The van der Waals surface area contributed by atoms with Gasteiger partial charge in [-0.1, -0.05) is 18.2 Å². The summed E-state index contributed by atoms with van der Waals surface area (Å²) in [5, 5.41) is 4.68. The number of nitrogens with zero attached hydrogens (tertiary/aromatic N) is 4. The first-order chi connectivity index (χ1) is 16.6. The lowest BCUT2D eigenvalue weighted by Gasteiger charge is -2.37. The molecule has 3 aliphatic heterocycles. The zero-order valence-corrected chi connectivity index (χ0v) is 20.1. The zero-order chi connectivity index (χ0) is 23.2. The van der Waals surface area contributed by atoms with Crippen LogP contribution in [0.4, 0.5) is 11.5 Å². The Morgan fingerprint density at radius 1 is 1.09 bits per heavy atom. The monoisotopic (exact) mass is 458 g/mol. The summed E-state index contributed by atoms with van der Waals surface area (Å²) in [6.07, 6.45) is 4.79. The van der Waals surface area contributed by atoms with Gasteiger partial charge in [-0.25, -0.2) is 0 Å². The van der Waals surface area contributed by atoms with E-state index in [1.165, 1.54) is 19.3 Å². The van der Waals surface area contributed by atoms with Crippen molar-refractivity contribution in [3.8, 4) is 17.1 Å². The number of anilines is 2. The minimum atomic E-state index is 0.430.